The number of hydrogen-bond donors (Lipinski definition) is 0. The zero-order valence-electron chi connectivity index (χ0n) is 15.7. The van der Waals surface area contributed by atoms with Gasteiger partial charge in [-0.25, -0.2) is 4.98 Å². The third kappa shape index (κ3) is 3.79. The predicted molar refractivity (Wildman–Crippen MR) is 108 cm³/mol. The number of fused-ring (bicyclic) bond motifs is 1. The van der Waals surface area contributed by atoms with Crippen LogP contribution in [0.2, 0.25) is 0 Å². The van der Waals surface area contributed by atoms with Gasteiger partial charge in [-0.05, 0) is 63.7 Å². The van der Waals surface area contributed by atoms with Gasteiger partial charge < -0.3 is 4.90 Å². The van der Waals surface area contributed by atoms with Crippen LogP contribution in [0.4, 0.5) is 0 Å². The van der Waals surface area contributed by atoms with E-state index in [1.165, 1.54) is 29.0 Å². The number of nitrogens with zero attached hydrogens (tertiary/aromatic N) is 3. The second-order valence-electron chi connectivity index (χ2n) is 7.72. The van der Waals surface area contributed by atoms with Gasteiger partial charge in [0, 0.05) is 18.5 Å². The van der Waals surface area contributed by atoms with Crippen LogP contribution < -0.4 is 0 Å². The van der Waals surface area contributed by atoms with Gasteiger partial charge >= 0.3 is 0 Å². The topological polar surface area (TPSA) is 36.4 Å². The Morgan fingerprint density at radius 1 is 1.15 bits per heavy atom. The minimum Gasteiger partial charge on any atom is -0.339 e. The van der Waals surface area contributed by atoms with E-state index in [2.05, 4.69) is 41.0 Å². The highest BCUT2D eigenvalue weighted by atomic mass is 32.1. The molecule has 2 aliphatic heterocycles. The molecule has 1 atom stereocenters. The SMILES string of the molecule is CC[C@H]1CCCCN1C(=O)CN1CCC(c2nc3ccccc3s2)CC1. The minimum absolute atomic E-state index is 0.343. The Bertz CT molecular complexity index is 718. The van der Waals surface area contributed by atoms with E-state index in [0.29, 0.717) is 24.4 Å². The van der Waals surface area contributed by atoms with Crippen molar-refractivity contribution in [2.75, 3.05) is 26.2 Å². The summed E-state index contributed by atoms with van der Waals surface area (Å²) >= 11 is 1.84. The van der Waals surface area contributed by atoms with Crippen molar-refractivity contribution in [2.45, 2.75) is 57.4 Å². The number of amides is 1. The molecule has 3 heterocycles. The summed E-state index contributed by atoms with van der Waals surface area (Å²) in [6.07, 6.45) is 6.94. The Kier molecular flexibility index (Phi) is 5.55. The lowest BCUT2D eigenvalue weighted by molar-refractivity contribution is -0.136. The van der Waals surface area contributed by atoms with E-state index in [1.54, 1.807) is 0 Å². The molecular formula is C21H29N3OS. The van der Waals surface area contributed by atoms with Crippen molar-refractivity contribution in [3.63, 3.8) is 0 Å². The predicted octanol–water partition coefficient (Wildman–Crippen LogP) is 4.27. The molecule has 1 amide bonds. The van der Waals surface area contributed by atoms with Crippen molar-refractivity contribution in [2.24, 2.45) is 0 Å². The first-order valence-electron chi connectivity index (χ1n) is 10.1. The van der Waals surface area contributed by atoms with Gasteiger partial charge in [0.1, 0.15) is 0 Å². The van der Waals surface area contributed by atoms with Crippen LogP contribution in [0.25, 0.3) is 10.2 Å². The van der Waals surface area contributed by atoms with E-state index in [4.69, 9.17) is 4.98 Å². The normalized spacial score (nSPS) is 22.8. The van der Waals surface area contributed by atoms with Crippen molar-refractivity contribution >= 4 is 27.5 Å². The maximum atomic E-state index is 12.8. The smallest absolute Gasteiger partial charge is 0.236 e. The van der Waals surface area contributed by atoms with Gasteiger partial charge in [-0.1, -0.05) is 19.1 Å². The van der Waals surface area contributed by atoms with Crippen molar-refractivity contribution in [3.8, 4) is 0 Å². The summed E-state index contributed by atoms with van der Waals surface area (Å²) in [6.45, 7) is 5.79. The molecule has 5 heteroatoms. The summed E-state index contributed by atoms with van der Waals surface area (Å²) in [5.41, 5.74) is 1.13. The molecule has 4 nitrogen and oxygen atoms in total. The molecule has 0 unspecified atom stereocenters. The fourth-order valence-corrected chi connectivity index (χ4v) is 5.57. The molecule has 140 valence electrons. The lowest BCUT2D eigenvalue weighted by Gasteiger charge is -2.38. The van der Waals surface area contributed by atoms with Crippen LogP contribution >= 0.6 is 11.3 Å². The summed E-state index contributed by atoms with van der Waals surface area (Å²) in [5, 5.41) is 1.28. The molecule has 0 saturated carbocycles. The molecule has 2 saturated heterocycles. The van der Waals surface area contributed by atoms with Crippen molar-refractivity contribution in [1.82, 2.24) is 14.8 Å². The molecule has 2 fully saturated rings. The molecule has 1 aromatic heterocycles. The Hall–Kier alpha value is -1.46. The first-order valence-corrected chi connectivity index (χ1v) is 10.9. The molecular weight excluding hydrogens is 342 g/mol. The molecule has 26 heavy (non-hydrogen) atoms. The molecule has 0 bridgehead atoms. The van der Waals surface area contributed by atoms with E-state index in [9.17, 15) is 4.79 Å². The fourth-order valence-electron chi connectivity index (χ4n) is 4.44. The number of carbonyl (C=O) groups is 1. The number of para-hydroxylation sites is 1. The molecule has 2 aromatic rings. The van der Waals surface area contributed by atoms with E-state index < -0.39 is 0 Å². The summed E-state index contributed by atoms with van der Waals surface area (Å²) in [4.78, 5) is 22.1. The Morgan fingerprint density at radius 3 is 2.73 bits per heavy atom. The van der Waals surface area contributed by atoms with Gasteiger partial charge in [-0.15, -0.1) is 11.3 Å². The van der Waals surface area contributed by atoms with Crippen molar-refractivity contribution in [3.05, 3.63) is 29.3 Å². The lowest BCUT2D eigenvalue weighted by atomic mass is 9.97. The van der Waals surface area contributed by atoms with E-state index in [0.717, 1.165) is 44.4 Å². The molecule has 0 N–H and O–H groups in total. The largest absolute Gasteiger partial charge is 0.339 e. The Labute approximate surface area is 160 Å². The van der Waals surface area contributed by atoms with Gasteiger partial charge in [0.15, 0.2) is 0 Å². The summed E-state index contributed by atoms with van der Waals surface area (Å²) < 4.78 is 1.29. The van der Waals surface area contributed by atoms with Crippen LogP contribution in [0.5, 0.6) is 0 Å². The van der Waals surface area contributed by atoms with Crippen LogP contribution in [0, 0.1) is 0 Å². The maximum Gasteiger partial charge on any atom is 0.236 e. The van der Waals surface area contributed by atoms with Crippen LogP contribution in [0.1, 0.15) is 56.4 Å². The second kappa shape index (κ2) is 8.05. The van der Waals surface area contributed by atoms with E-state index >= 15 is 0 Å². The van der Waals surface area contributed by atoms with E-state index in [1.807, 2.05) is 11.3 Å². The quantitative estimate of drug-likeness (QED) is 0.805. The lowest BCUT2D eigenvalue weighted by Crippen LogP contribution is -2.49. The molecule has 1 aromatic carbocycles. The number of piperidine rings is 2. The highest BCUT2D eigenvalue weighted by Gasteiger charge is 2.29. The zero-order valence-corrected chi connectivity index (χ0v) is 16.5. The average Bonchev–Trinajstić information content (AvgIpc) is 3.12. The number of likely N-dealkylation sites (tertiary alicyclic amines) is 2. The third-order valence-corrected chi connectivity index (χ3v) is 7.22. The highest BCUT2D eigenvalue weighted by molar-refractivity contribution is 7.18. The van der Waals surface area contributed by atoms with Crippen molar-refractivity contribution < 1.29 is 4.79 Å². The van der Waals surface area contributed by atoms with Crippen LogP contribution in [0.15, 0.2) is 24.3 Å². The maximum absolute atomic E-state index is 12.8. The van der Waals surface area contributed by atoms with Gasteiger partial charge in [-0.3, -0.25) is 9.69 Å². The highest BCUT2D eigenvalue weighted by Crippen LogP contribution is 2.33. The number of benzene rings is 1. The molecule has 0 aliphatic carbocycles. The Morgan fingerprint density at radius 2 is 1.96 bits per heavy atom. The number of hydrogen-bond acceptors (Lipinski definition) is 4. The zero-order chi connectivity index (χ0) is 17.9. The summed E-state index contributed by atoms with van der Waals surface area (Å²) in [6, 6.07) is 8.88. The summed E-state index contributed by atoms with van der Waals surface area (Å²) in [5.74, 6) is 0.895. The standard InChI is InChI=1S/C21H29N3OS/c1-2-17-7-5-6-12-24(17)20(25)15-23-13-10-16(11-14-23)21-22-18-8-3-4-9-19(18)26-21/h3-4,8-9,16-17H,2,5-7,10-15H2,1H3/t17-/m0/s1. The molecule has 0 spiro atoms. The minimum atomic E-state index is 0.343. The number of aromatic nitrogens is 1. The number of thiazole rings is 1. The first kappa shape index (κ1) is 17.9. The Balaban J connectivity index is 1.32. The molecule has 0 radical (unpaired) electrons. The van der Waals surface area contributed by atoms with Crippen molar-refractivity contribution in [1.29, 1.82) is 0 Å². The molecule has 4 rings (SSSR count). The first-order chi connectivity index (χ1) is 12.7. The van der Waals surface area contributed by atoms with Gasteiger partial charge in [-0.2, -0.15) is 0 Å². The van der Waals surface area contributed by atoms with Gasteiger partial charge in [0.05, 0.1) is 21.8 Å². The second-order valence-corrected chi connectivity index (χ2v) is 8.78. The van der Waals surface area contributed by atoms with Crippen LogP contribution in [-0.2, 0) is 4.79 Å². The fraction of sp³-hybridized carbons (Fsp3) is 0.619. The average molecular weight is 372 g/mol. The van der Waals surface area contributed by atoms with Crippen LogP contribution in [0.3, 0.4) is 0 Å². The van der Waals surface area contributed by atoms with Gasteiger partial charge in [0.25, 0.3) is 0 Å². The third-order valence-electron chi connectivity index (χ3n) is 6.02. The number of rotatable bonds is 4. The number of carbonyl (C=O) groups excluding carboxylic acids is 1. The van der Waals surface area contributed by atoms with Gasteiger partial charge in [0.2, 0.25) is 5.91 Å². The van der Waals surface area contributed by atoms with E-state index in [-0.39, 0.29) is 0 Å². The van der Waals surface area contributed by atoms with Crippen LogP contribution in [-0.4, -0.2) is 52.9 Å². The summed E-state index contributed by atoms with van der Waals surface area (Å²) in [7, 11) is 0. The molecule has 2 aliphatic rings. The monoisotopic (exact) mass is 371 g/mol.